The Morgan fingerprint density at radius 2 is 1.93 bits per heavy atom. The smallest absolute Gasteiger partial charge is 0.254 e. The molecule has 2 fully saturated rings. The number of carbonyl (C=O) groups excluding carboxylic acids is 1. The highest BCUT2D eigenvalue weighted by Crippen LogP contribution is 2.33. The van der Waals surface area contributed by atoms with Crippen molar-refractivity contribution in [2.45, 2.75) is 30.6 Å². The van der Waals surface area contributed by atoms with Crippen LogP contribution in [0.5, 0.6) is 0 Å². The third kappa shape index (κ3) is 3.99. The molecule has 1 aromatic rings. The van der Waals surface area contributed by atoms with Crippen LogP contribution in [0.25, 0.3) is 0 Å². The van der Waals surface area contributed by atoms with Gasteiger partial charge in [0, 0.05) is 43.2 Å². The number of benzene rings is 1. The topological polar surface area (TPSA) is 57.7 Å². The minimum absolute atomic E-state index is 0.0404. The average molecular weight is 441 g/mol. The number of hydrogen-bond acceptors (Lipinski definition) is 4. The molecule has 1 aromatic carbocycles. The molecule has 1 aliphatic carbocycles. The summed E-state index contributed by atoms with van der Waals surface area (Å²) in [7, 11) is -3.69. The second-order valence-electron chi connectivity index (χ2n) is 7.58. The highest BCUT2D eigenvalue weighted by Gasteiger charge is 2.31. The molecule has 0 aromatic heterocycles. The molecular formula is C20H25ClN2O3S2. The molecule has 5 nitrogen and oxygen atoms in total. The summed E-state index contributed by atoms with van der Waals surface area (Å²) >= 11 is 7.98. The summed E-state index contributed by atoms with van der Waals surface area (Å²) in [6, 6.07) is 4.63. The quantitative estimate of drug-likeness (QED) is 0.673. The fourth-order valence-corrected chi connectivity index (χ4v) is 7.33. The predicted molar refractivity (Wildman–Crippen MR) is 113 cm³/mol. The van der Waals surface area contributed by atoms with Crippen molar-refractivity contribution in [3.8, 4) is 0 Å². The number of rotatable bonds is 3. The Morgan fingerprint density at radius 3 is 2.71 bits per heavy atom. The van der Waals surface area contributed by atoms with Crippen LogP contribution in [-0.4, -0.2) is 61.2 Å². The van der Waals surface area contributed by atoms with E-state index in [1.807, 2.05) is 4.90 Å². The number of halogens is 1. The molecule has 1 amide bonds. The van der Waals surface area contributed by atoms with E-state index < -0.39 is 10.0 Å². The number of likely N-dealkylation sites (tertiary alicyclic amines) is 1. The van der Waals surface area contributed by atoms with Gasteiger partial charge in [0.2, 0.25) is 10.0 Å². The largest absolute Gasteiger partial charge is 0.335 e. The first kappa shape index (κ1) is 20.3. The fourth-order valence-electron chi connectivity index (χ4n) is 4.25. The van der Waals surface area contributed by atoms with Crippen molar-refractivity contribution in [2.24, 2.45) is 5.92 Å². The van der Waals surface area contributed by atoms with Crippen LogP contribution in [0.15, 0.2) is 34.7 Å². The molecule has 2 heterocycles. The molecule has 152 valence electrons. The molecule has 0 radical (unpaired) electrons. The third-order valence-electron chi connectivity index (χ3n) is 5.86. The van der Waals surface area contributed by atoms with E-state index in [1.165, 1.54) is 34.9 Å². The lowest BCUT2D eigenvalue weighted by atomic mass is 9.82. The lowest BCUT2D eigenvalue weighted by Crippen LogP contribution is -2.41. The van der Waals surface area contributed by atoms with Gasteiger partial charge < -0.3 is 4.90 Å². The molecule has 0 bridgehead atoms. The average Bonchev–Trinajstić information content (AvgIpc) is 2.73. The Kier molecular flexibility index (Phi) is 6.06. The van der Waals surface area contributed by atoms with Crippen molar-refractivity contribution in [2.75, 3.05) is 37.7 Å². The van der Waals surface area contributed by atoms with Gasteiger partial charge in [0.1, 0.15) is 4.90 Å². The van der Waals surface area contributed by atoms with Crippen molar-refractivity contribution in [3.63, 3.8) is 0 Å². The number of carbonyl (C=O) groups is 1. The highest BCUT2D eigenvalue weighted by atomic mass is 35.5. The zero-order valence-corrected chi connectivity index (χ0v) is 18.2. The summed E-state index contributed by atoms with van der Waals surface area (Å²) in [5.74, 6) is 2.04. The number of fused-ring (bicyclic) bond motifs is 1. The van der Waals surface area contributed by atoms with Crippen LogP contribution in [0.4, 0.5) is 0 Å². The lowest BCUT2D eigenvalue weighted by Gasteiger charge is -2.36. The zero-order valence-electron chi connectivity index (χ0n) is 15.8. The van der Waals surface area contributed by atoms with Gasteiger partial charge in [-0.1, -0.05) is 23.3 Å². The van der Waals surface area contributed by atoms with Gasteiger partial charge in [0.05, 0.1) is 5.02 Å². The van der Waals surface area contributed by atoms with E-state index in [0.29, 0.717) is 31.1 Å². The maximum absolute atomic E-state index is 13.1. The minimum Gasteiger partial charge on any atom is -0.335 e. The predicted octanol–water partition coefficient (Wildman–Crippen LogP) is 3.65. The van der Waals surface area contributed by atoms with Gasteiger partial charge in [0.15, 0.2) is 0 Å². The molecule has 2 saturated heterocycles. The Balaban J connectivity index is 1.58. The molecule has 8 heteroatoms. The van der Waals surface area contributed by atoms with Crippen molar-refractivity contribution >= 4 is 39.3 Å². The third-order valence-corrected chi connectivity index (χ3v) is 9.18. The first-order valence-electron chi connectivity index (χ1n) is 9.82. The number of hydrogen-bond donors (Lipinski definition) is 0. The maximum Gasteiger partial charge on any atom is 0.254 e. The molecule has 1 atom stereocenters. The molecule has 3 aliphatic rings. The molecule has 0 N–H and O–H groups in total. The van der Waals surface area contributed by atoms with E-state index in [0.717, 1.165) is 30.9 Å². The summed E-state index contributed by atoms with van der Waals surface area (Å²) < 4.78 is 27.6. The fraction of sp³-hybridized carbons (Fsp3) is 0.550. The van der Waals surface area contributed by atoms with Crippen molar-refractivity contribution in [3.05, 3.63) is 40.4 Å². The van der Waals surface area contributed by atoms with E-state index in [1.54, 1.807) is 17.8 Å². The first-order chi connectivity index (χ1) is 13.5. The molecular weight excluding hydrogens is 416 g/mol. The molecule has 0 spiro atoms. The second-order valence-corrected chi connectivity index (χ2v) is 11.1. The molecule has 4 rings (SSSR count). The Labute approximate surface area is 176 Å². The van der Waals surface area contributed by atoms with Crippen LogP contribution >= 0.6 is 23.4 Å². The zero-order chi connectivity index (χ0) is 19.7. The van der Waals surface area contributed by atoms with Crippen LogP contribution in [0.1, 0.15) is 36.0 Å². The molecule has 2 aliphatic heterocycles. The van der Waals surface area contributed by atoms with Crippen molar-refractivity contribution in [1.29, 1.82) is 0 Å². The van der Waals surface area contributed by atoms with Crippen molar-refractivity contribution < 1.29 is 13.2 Å². The summed E-state index contributed by atoms with van der Waals surface area (Å²) in [6.07, 6.45) is 6.80. The standard InChI is InChI=1S/C20H25ClN2O3S2/c21-18-6-5-16(13-19(18)28(25,26)23-9-11-27-12-10-23)20(24)22-8-7-15-3-1-2-4-17(15)14-22/h4-6,13,15H,1-3,7-12,14H2/t15-/m0/s1. The van der Waals surface area contributed by atoms with Gasteiger partial charge in [-0.15, -0.1) is 0 Å². The summed E-state index contributed by atoms with van der Waals surface area (Å²) in [5.41, 5.74) is 1.75. The number of nitrogens with zero attached hydrogens (tertiary/aromatic N) is 2. The van der Waals surface area contributed by atoms with Crippen LogP contribution < -0.4 is 0 Å². The first-order valence-corrected chi connectivity index (χ1v) is 12.8. The Morgan fingerprint density at radius 1 is 1.14 bits per heavy atom. The van der Waals surface area contributed by atoms with E-state index in [-0.39, 0.29) is 15.8 Å². The van der Waals surface area contributed by atoms with Crippen LogP contribution in [0.2, 0.25) is 5.02 Å². The van der Waals surface area contributed by atoms with E-state index >= 15 is 0 Å². The molecule has 0 saturated carbocycles. The van der Waals surface area contributed by atoms with Gasteiger partial charge in [-0.3, -0.25) is 4.79 Å². The minimum atomic E-state index is -3.69. The summed E-state index contributed by atoms with van der Waals surface area (Å²) in [6.45, 7) is 2.32. The maximum atomic E-state index is 13.1. The van der Waals surface area contributed by atoms with Gasteiger partial charge in [-0.2, -0.15) is 16.1 Å². The van der Waals surface area contributed by atoms with Crippen LogP contribution in [0, 0.1) is 5.92 Å². The number of amides is 1. The molecule has 28 heavy (non-hydrogen) atoms. The van der Waals surface area contributed by atoms with E-state index in [2.05, 4.69) is 6.08 Å². The van der Waals surface area contributed by atoms with Gasteiger partial charge >= 0.3 is 0 Å². The van der Waals surface area contributed by atoms with Crippen molar-refractivity contribution in [1.82, 2.24) is 9.21 Å². The number of piperidine rings is 1. The molecule has 0 unspecified atom stereocenters. The lowest BCUT2D eigenvalue weighted by molar-refractivity contribution is 0.0730. The summed E-state index contributed by atoms with van der Waals surface area (Å²) in [5, 5.41) is 0.170. The Bertz CT molecular complexity index is 895. The van der Waals surface area contributed by atoms with Gasteiger partial charge in [-0.05, 0) is 49.8 Å². The second kappa shape index (κ2) is 8.38. The SMILES string of the molecule is O=C(c1ccc(Cl)c(S(=O)(=O)N2CCSCC2)c1)N1CC[C@@H]2CCCC=C2C1. The summed E-state index contributed by atoms with van der Waals surface area (Å²) in [4.78, 5) is 15.0. The normalized spacial score (nSPS) is 23.8. The van der Waals surface area contributed by atoms with E-state index in [9.17, 15) is 13.2 Å². The van der Waals surface area contributed by atoms with Crippen LogP contribution in [0.3, 0.4) is 0 Å². The number of sulfonamides is 1. The highest BCUT2D eigenvalue weighted by molar-refractivity contribution is 7.99. The van der Waals surface area contributed by atoms with Gasteiger partial charge in [0.25, 0.3) is 5.91 Å². The number of thioether (sulfide) groups is 1. The monoisotopic (exact) mass is 440 g/mol. The van der Waals surface area contributed by atoms with E-state index in [4.69, 9.17) is 11.6 Å². The van der Waals surface area contributed by atoms with Crippen LogP contribution in [-0.2, 0) is 10.0 Å². The van der Waals surface area contributed by atoms with Gasteiger partial charge in [-0.25, -0.2) is 8.42 Å². The number of allylic oxidation sites excluding steroid dienone is 1. The Hall–Kier alpha value is -1.02.